The van der Waals surface area contributed by atoms with Gasteiger partial charge in [0, 0.05) is 44.3 Å². The number of hydrogen-bond donors (Lipinski definition) is 2. The molecule has 2 fully saturated rings. The van der Waals surface area contributed by atoms with E-state index in [0.29, 0.717) is 0 Å². The van der Waals surface area contributed by atoms with Crippen LogP contribution in [0.5, 0.6) is 0 Å². The Labute approximate surface area is 143 Å². The fraction of sp³-hybridized carbons (Fsp3) is 0.611. The number of aromatic nitrogens is 4. The first-order valence-electron chi connectivity index (χ1n) is 9.01. The summed E-state index contributed by atoms with van der Waals surface area (Å²) in [6, 6.07) is 1.85. The lowest BCUT2D eigenvalue weighted by Gasteiger charge is -2.33. The smallest absolute Gasteiger partial charge is 0.222 e. The van der Waals surface area contributed by atoms with Gasteiger partial charge in [-0.1, -0.05) is 6.42 Å². The average molecular weight is 326 g/mol. The summed E-state index contributed by atoms with van der Waals surface area (Å²) in [6.45, 7) is 6.48. The lowest BCUT2D eigenvalue weighted by Crippen LogP contribution is -2.32. The lowest BCUT2D eigenvalue weighted by molar-refractivity contribution is 0.207. The van der Waals surface area contributed by atoms with Crippen LogP contribution in [0.25, 0.3) is 0 Å². The third-order valence-corrected chi connectivity index (χ3v) is 5.72. The summed E-state index contributed by atoms with van der Waals surface area (Å²) in [5.74, 6) is 3.09. The molecule has 3 heterocycles. The van der Waals surface area contributed by atoms with Gasteiger partial charge in [-0.05, 0) is 43.6 Å². The Bertz CT molecular complexity index is 655. The van der Waals surface area contributed by atoms with E-state index >= 15 is 0 Å². The Morgan fingerprint density at radius 1 is 1.21 bits per heavy atom. The van der Waals surface area contributed by atoms with E-state index in [1.54, 1.807) is 18.7 Å². The van der Waals surface area contributed by atoms with Crippen LogP contribution in [0.2, 0.25) is 0 Å². The van der Waals surface area contributed by atoms with Crippen LogP contribution in [0.1, 0.15) is 30.7 Å². The highest BCUT2D eigenvalue weighted by Crippen LogP contribution is 2.40. The van der Waals surface area contributed by atoms with Crippen molar-refractivity contribution >= 4 is 5.95 Å². The molecule has 128 valence electrons. The van der Waals surface area contributed by atoms with E-state index < -0.39 is 0 Å². The molecule has 6 heteroatoms. The van der Waals surface area contributed by atoms with Crippen molar-refractivity contribution in [1.82, 2.24) is 24.8 Å². The maximum Gasteiger partial charge on any atom is 0.222 e. The van der Waals surface area contributed by atoms with Gasteiger partial charge in [-0.15, -0.1) is 0 Å². The summed E-state index contributed by atoms with van der Waals surface area (Å²) in [4.78, 5) is 18.8. The number of rotatable bonds is 5. The van der Waals surface area contributed by atoms with E-state index in [1.165, 1.54) is 43.7 Å². The summed E-state index contributed by atoms with van der Waals surface area (Å²) in [5, 5.41) is 3.44. The van der Waals surface area contributed by atoms with Gasteiger partial charge in [-0.3, -0.25) is 4.90 Å². The number of likely N-dealkylation sites (tertiary alicyclic amines) is 1. The molecule has 3 atom stereocenters. The Morgan fingerprint density at radius 3 is 2.88 bits per heavy atom. The molecule has 2 N–H and O–H groups in total. The second-order valence-electron chi connectivity index (χ2n) is 7.24. The topological polar surface area (TPSA) is 69.7 Å². The maximum absolute atomic E-state index is 4.47. The molecule has 1 saturated heterocycles. The van der Waals surface area contributed by atoms with Gasteiger partial charge in [0.1, 0.15) is 0 Å². The van der Waals surface area contributed by atoms with Crippen molar-refractivity contribution in [2.45, 2.75) is 32.7 Å². The van der Waals surface area contributed by atoms with Crippen LogP contribution in [-0.4, -0.2) is 44.5 Å². The molecule has 24 heavy (non-hydrogen) atoms. The molecule has 1 aliphatic carbocycles. The molecule has 0 unspecified atom stereocenters. The SMILES string of the molecule is Cc1[nH]cnc1CN1C[C@@H]2CCC[C@H](CNc3ncccn3)[C@@H]2C1. The van der Waals surface area contributed by atoms with Gasteiger partial charge in [0.05, 0.1) is 12.0 Å². The van der Waals surface area contributed by atoms with Crippen molar-refractivity contribution in [3.05, 3.63) is 36.2 Å². The van der Waals surface area contributed by atoms with Crippen molar-refractivity contribution in [2.24, 2.45) is 17.8 Å². The first kappa shape index (κ1) is 15.6. The van der Waals surface area contributed by atoms with Crippen LogP contribution in [0, 0.1) is 24.7 Å². The number of imidazole rings is 1. The molecule has 1 aliphatic heterocycles. The number of aromatic amines is 1. The number of nitrogens with one attached hydrogen (secondary N) is 2. The highest BCUT2D eigenvalue weighted by atomic mass is 15.2. The first-order valence-corrected chi connectivity index (χ1v) is 9.01. The van der Waals surface area contributed by atoms with Gasteiger partial charge in [0.2, 0.25) is 5.95 Å². The van der Waals surface area contributed by atoms with Crippen LogP contribution in [0.3, 0.4) is 0 Å². The Balaban J connectivity index is 1.36. The molecule has 0 aromatic carbocycles. The van der Waals surface area contributed by atoms with E-state index in [-0.39, 0.29) is 0 Å². The van der Waals surface area contributed by atoms with Gasteiger partial charge in [-0.25, -0.2) is 15.0 Å². The van der Waals surface area contributed by atoms with Crippen molar-refractivity contribution < 1.29 is 0 Å². The van der Waals surface area contributed by atoms with E-state index in [1.807, 2.05) is 6.07 Å². The Morgan fingerprint density at radius 2 is 2.08 bits per heavy atom. The van der Waals surface area contributed by atoms with Crippen LogP contribution in [-0.2, 0) is 6.54 Å². The van der Waals surface area contributed by atoms with E-state index in [2.05, 4.69) is 37.1 Å². The highest BCUT2D eigenvalue weighted by molar-refractivity contribution is 5.22. The largest absolute Gasteiger partial charge is 0.354 e. The van der Waals surface area contributed by atoms with Crippen molar-refractivity contribution in [2.75, 3.05) is 25.0 Å². The minimum Gasteiger partial charge on any atom is -0.354 e. The molecule has 0 radical (unpaired) electrons. The second-order valence-corrected chi connectivity index (χ2v) is 7.24. The monoisotopic (exact) mass is 326 g/mol. The number of hydrogen-bond acceptors (Lipinski definition) is 5. The molecule has 0 amide bonds. The molecule has 2 aliphatic rings. The van der Waals surface area contributed by atoms with Crippen molar-refractivity contribution in [1.29, 1.82) is 0 Å². The van der Waals surface area contributed by atoms with Gasteiger partial charge in [-0.2, -0.15) is 0 Å². The fourth-order valence-electron chi connectivity index (χ4n) is 4.44. The number of anilines is 1. The minimum absolute atomic E-state index is 0.720. The summed E-state index contributed by atoms with van der Waals surface area (Å²) >= 11 is 0. The van der Waals surface area contributed by atoms with Gasteiger partial charge >= 0.3 is 0 Å². The summed E-state index contributed by atoms with van der Waals surface area (Å²) in [6.07, 6.45) is 9.43. The summed E-state index contributed by atoms with van der Waals surface area (Å²) < 4.78 is 0. The van der Waals surface area contributed by atoms with Gasteiger partial charge in [0.15, 0.2) is 0 Å². The Kier molecular flexibility index (Phi) is 4.47. The molecule has 2 aromatic heterocycles. The third kappa shape index (κ3) is 3.29. The Hall–Kier alpha value is -1.95. The molecule has 0 bridgehead atoms. The van der Waals surface area contributed by atoms with E-state index in [0.717, 1.165) is 36.8 Å². The molecule has 0 spiro atoms. The number of nitrogens with zero attached hydrogens (tertiary/aromatic N) is 4. The molecule has 6 nitrogen and oxygen atoms in total. The minimum atomic E-state index is 0.720. The zero-order valence-electron chi connectivity index (χ0n) is 14.3. The molecular weight excluding hydrogens is 300 g/mol. The normalized spacial score (nSPS) is 27.1. The lowest BCUT2D eigenvalue weighted by atomic mass is 9.74. The third-order valence-electron chi connectivity index (χ3n) is 5.72. The van der Waals surface area contributed by atoms with Crippen molar-refractivity contribution in [3.8, 4) is 0 Å². The predicted molar refractivity (Wildman–Crippen MR) is 93.4 cm³/mol. The zero-order valence-corrected chi connectivity index (χ0v) is 14.3. The van der Waals surface area contributed by atoms with E-state index in [4.69, 9.17) is 0 Å². The fourth-order valence-corrected chi connectivity index (χ4v) is 4.44. The number of H-pyrrole nitrogens is 1. The van der Waals surface area contributed by atoms with Crippen LogP contribution in [0.15, 0.2) is 24.8 Å². The standard InChI is InChI=1S/C18H26N6/c1-13-17(23-12-22-13)11-24-9-15-5-2-4-14(16(15)10-24)8-21-18-19-6-3-7-20-18/h3,6-7,12,14-16H,2,4-5,8-11H2,1H3,(H,22,23)(H,19,20,21)/t14-,15+,16+/m1/s1. The second kappa shape index (κ2) is 6.89. The summed E-state index contributed by atoms with van der Waals surface area (Å²) in [7, 11) is 0. The summed E-state index contributed by atoms with van der Waals surface area (Å²) in [5.41, 5.74) is 2.39. The molecule has 4 rings (SSSR count). The van der Waals surface area contributed by atoms with Crippen LogP contribution in [0.4, 0.5) is 5.95 Å². The average Bonchev–Trinajstić information content (AvgIpc) is 3.20. The quantitative estimate of drug-likeness (QED) is 0.883. The number of fused-ring (bicyclic) bond motifs is 1. The molecule has 2 aromatic rings. The maximum atomic E-state index is 4.47. The van der Waals surface area contributed by atoms with Crippen molar-refractivity contribution in [3.63, 3.8) is 0 Å². The molecular formula is C18H26N6. The van der Waals surface area contributed by atoms with E-state index in [9.17, 15) is 0 Å². The predicted octanol–water partition coefficient (Wildman–Crippen LogP) is 2.47. The van der Waals surface area contributed by atoms with Gasteiger partial charge in [0.25, 0.3) is 0 Å². The zero-order chi connectivity index (χ0) is 16.4. The number of aryl methyl sites for hydroxylation is 1. The first-order chi connectivity index (χ1) is 11.8. The highest BCUT2D eigenvalue weighted by Gasteiger charge is 2.40. The van der Waals surface area contributed by atoms with Crippen LogP contribution < -0.4 is 5.32 Å². The van der Waals surface area contributed by atoms with Crippen LogP contribution >= 0.6 is 0 Å². The molecule has 1 saturated carbocycles. The van der Waals surface area contributed by atoms with Gasteiger partial charge < -0.3 is 10.3 Å².